The van der Waals surface area contributed by atoms with E-state index in [1.54, 1.807) is 20.1 Å². The molecule has 1 aromatic rings. The van der Waals surface area contributed by atoms with E-state index < -0.39 is 11.9 Å². The highest BCUT2D eigenvalue weighted by atomic mass is 79.9. The molecule has 0 aromatic heterocycles. The van der Waals surface area contributed by atoms with Crippen LogP contribution in [-0.2, 0) is 9.53 Å². The number of ether oxygens (including phenoxy) is 2. The predicted molar refractivity (Wildman–Crippen MR) is 69.1 cm³/mol. The van der Waals surface area contributed by atoms with Gasteiger partial charge in [0.25, 0.3) is 5.91 Å². The number of carbonyl (C=O) groups is 1. The van der Waals surface area contributed by atoms with Crippen LogP contribution in [0.4, 0.5) is 4.39 Å². The Hall–Kier alpha value is -1.14. The van der Waals surface area contributed by atoms with Crippen LogP contribution in [0, 0.1) is 5.82 Å². The van der Waals surface area contributed by atoms with Crippen LogP contribution < -0.4 is 10.1 Å². The number of amides is 1. The van der Waals surface area contributed by atoms with Crippen molar-refractivity contribution in [2.45, 2.75) is 13.0 Å². The molecule has 0 aliphatic rings. The fraction of sp³-hybridized carbons (Fsp3) is 0.417. The normalized spacial score (nSPS) is 12.0. The zero-order chi connectivity index (χ0) is 13.5. The number of hydrogen-bond acceptors (Lipinski definition) is 3. The van der Waals surface area contributed by atoms with E-state index in [-0.39, 0.29) is 11.7 Å². The number of methoxy groups -OCH3 is 1. The fourth-order valence-electron chi connectivity index (χ4n) is 1.23. The highest BCUT2D eigenvalue weighted by Gasteiger charge is 2.16. The Kier molecular flexibility index (Phi) is 6.07. The topological polar surface area (TPSA) is 47.6 Å². The molecule has 100 valence electrons. The van der Waals surface area contributed by atoms with E-state index in [1.807, 2.05) is 0 Å². The van der Waals surface area contributed by atoms with Gasteiger partial charge in [-0.2, -0.15) is 0 Å². The van der Waals surface area contributed by atoms with E-state index in [9.17, 15) is 9.18 Å². The lowest BCUT2D eigenvalue weighted by atomic mass is 10.3. The fourth-order valence-corrected chi connectivity index (χ4v) is 1.57. The molecule has 1 atom stereocenters. The van der Waals surface area contributed by atoms with Gasteiger partial charge in [0.05, 0.1) is 6.61 Å². The lowest BCUT2D eigenvalue weighted by Crippen LogP contribution is -2.38. The Bertz CT molecular complexity index is 414. The lowest BCUT2D eigenvalue weighted by Gasteiger charge is -2.15. The minimum atomic E-state index is -0.766. The maximum atomic E-state index is 13.5. The molecular weight excluding hydrogens is 305 g/mol. The highest BCUT2D eigenvalue weighted by Crippen LogP contribution is 2.22. The Morgan fingerprint density at radius 1 is 1.56 bits per heavy atom. The molecule has 0 unspecified atom stereocenters. The average Bonchev–Trinajstić information content (AvgIpc) is 2.32. The smallest absolute Gasteiger partial charge is 0.260 e. The van der Waals surface area contributed by atoms with Crippen molar-refractivity contribution in [2.24, 2.45) is 0 Å². The van der Waals surface area contributed by atoms with Crippen LogP contribution in [0.15, 0.2) is 22.7 Å². The van der Waals surface area contributed by atoms with Crippen LogP contribution in [0.2, 0.25) is 0 Å². The third-order valence-electron chi connectivity index (χ3n) is 2.17. The molecule has 1 N–H and O–H groups in total. The van der Waals surface area contributed by atoms with Crippen LogP contribution in [0.3, 0.4) is 0 Å². The Morgan fingerprint density at radius 2 is 2.28 bits per heavy atom. The monoisotopic (exact) mass is 319 g/mol. The number of carbonyl (C=O) groups excluding carboxylic acids is 1. The Morgan fingerprint density at radius 3 is 2.89 bits per heavy atom. The molecule has 0 bridgehead atoms. The summed E-state index contributed by atoms with van der Waals surface area (Å²) in [5.74, 6) is -0.775. The van der Waals surface area contributed by atoms with Crippen LogP contribution in [0.25, 0.3) is 0 Å². The molecular formula is C12H15BrFNO3. The second-order valence-corrected chi connectivity index (χ2v) is 4.53. The van der Waals surface area contributed by atoms with Crippen molar-refractivity contribution in [1.82, 2.24) is 5.32 Å². The van der Waals surface area contributed by atoms with Crippen molar-refractivity contribution in [1.29, 1.82) is 0 Å². The maximum Gasteiger partial charge on any atom is 0.260 e. The number of rotatable bonds is 6. The summed E-state index contributed by atoms with van der Waals surface area (Å²) in [6.07, 6.45) is -0.766. The molecule has 1 amide bonds. The molecule has 0 aliphatic heterocycles. The molecule has 18 heavy (non-hydrogen) atoms. The predicted octanol–water partition coefficient (Wildman–Crippen LogP) is 2.12. The first kappa shape index (κ1) is 14.9. The van der Waals surface area contributed by atoms with Gasteiger partial charge in [-0.25, -0.2) is 4.39 Å². The lowest BCUT2D eigenvalue weighted by molar-refractivity contribution is -0.127. The SMILES string of the molecule is COCCNC(=O)[C@H](C)Oc1ccc(Br)cc1F. The van der Waals surface area contributed by atoms with Crippen LogP contribution in [-0.4, -0.2) is 32.3 Å². The van der Waals surface area contributed by atoms with Gasteiger partial charge in [-0.3, -0.25) is 4.79 Å². The van der Waals surface area contributed by atoms with E-state index in [0.29, 0.717) is 17.6 Å². The summed E-state index contributed by atoms with van der Waals surface area (Å²) in [6.45, 7) is 2.38. The van der Waals surface area contributed by atoms with Crippen LogP contribution in [0.5, 0.6) is 5.75 Å². The minimum absolute atomic E-state index is 0.0487. The molecule has 0 saturated carbocycles. The Labute approximate surface area is 114 Å². The van der Waals surface area contributed by atoms with Gasteiger partial charge in [0.15, 0.2) is 17.7 Å². The van der Waals surface area contributed by atoms with E-state index in [4.69, 9.17) is 9.47 Å². The van der Waals surface area contributed by atoms with E-state index in [2.05, 4.69) is 21.2 Å². The highest BCUT2D eigenvalue weighted by molar-refractivity contribution is 9.10. The molecule has 1 aromatic carbocycles. The van der Waals surface area contributed by atoms with Gasteiger partial charge < -0.3 is 14.8 Å². The van der Waals surface area contributed by atoms with Crippen molar-refractivity contribution < 1.29 is 18.7 Å². The third-order valence-corrected chi connectivity index (χ3v) is 2.67. The summed E-state index contributed by atoms with van der Waals surface area (Å²) in [5, 5.41) is 2.61. The van der Waals surface area contributed by atoms with Gasteiger partial charge in [-0.1, -0.05) is 15.9 Å². The summed E-state index contributed by atoms with van der Waals surface area (Å²) in [4.78, 5) is 11.6. The maximum absolute atomic E-state index is 13.5. The van der Waals surface area contributed by atoms with E-state index in [0.717, 1.165) is 0 Å². The summed E-state index contributed by atoms with van der Waals surface area (Å²) in [6, 6.07) is 4.40. The number of benzene rings is 1. The minimum Gasteiger partial charge on any atom is -0.478 e. The first-order valence-corrected chi connectivity index (χ1v) is 6.22. The van der Waals surface area contributed by atoms with Gasteiger partial charge in [0.1, 0.15) is 0 Å². The third kappa shape index (κ3) is 4.62. The quantitative estimate of drug-likeness (QED) is 0.817. The van der Waals surface area contributed by atoms with Crippen molar-refractivity contribution in [2.75, 3.05) is 20.3 Å². The largest absolute Gasteiger partial charge is 0.478 e. The first-order valence-electron chi connectivity index (χ1n) is 5.43. The molecule has 0 radical (unpaired) electrons. The summed E-state index contributed by atoms with van der Waals surface area (Å²) >= 11 is 3.14. The second-order valence-electron chi connectivity index (χ2n) is 3.62. The second kappa shape index (κ2) is 7.33. The van der Waals surface area contributed by atoms with Gasteiger partial charge in [-0.15, -0.1) is 0 Å². The van der Waals surface area contributed by atoms with Crippen molar-refractivity contribution in [3.63, 3.8) is 0 Å². The van der Waals surface area contributed by atoms with Crippen molar-refractivity contribution in [3.8, 4) is 5.75 Å². The average molecular weight is 320 g/mol. The molecule has 1 rings (SSSR count). The Balaban J connectivity index is 2.53. The van der Waals surface area contributed by atoms with Crippen molar-refractivity contribution >= 4 is 21.8 Å². The first-order chi connectivity index (χ1) is 8.54. The van der Waals surface area contributed by atoms with Crippen LogP contribution >= 0.6 is 15.9 Å². The van der Waals surface area contributed by atoms with E-state index >= 15 is 0 Å². The van der Waals surface area contributed by atoms with E-state index in [1.165, 1.54) is 12.1 Å². The summed E-state index contributed by atoms with van der Waals surface area (Å²) in [7, 11) is 1.54. The zero-order valence-corrected chi connectivity index (χ0v) is 11.8. The molecule has 4 nitrogen and oxygen atoms in total. The van der Waals surface area contributed by atoms with Gasteiger partial charge in [0.2, 0.25) is 0 Å². The van der Waals surface area contributed by atoms with Crippen molar-refractivity contribution in [3.05, 3.63) is 28.5 Å². The molecule has 6 heteroatoms. The summed E-state index contributed by atoms with van der Waals surface area (Å²) < 4.78 is 24.1. The molecule has 0 aliphatic carbocycles. The number of halogens is 2. The van der Waals surface area contributed by atoms with Gasteiger partial charge in [-0.05, 0) is 25.1 Å². The molecule has 0 saturated heterocycles. The molecule has 0 heterocycles. The molecule has 0 fully saturated rings. The zero-order valence-electron chi connectivity index (χ0n) is 10.2. The number of hydrogen-bond donors (Lipinski definition) is 1. The van der Waals surface area contributed by atoms with Gasteiger partial charge >= 0.3 is 0 Å². The molecule has 0 spiro atoms. The van der Waals surface area contributed by atoms with Gasteiger partial charge in [0, 0.05) is 18.1 Å². The standard InChI is InChI=1S/C12H15BrFNO3/c1-8(12(16)15-5-6-17-2)18-11-4-3-9(13)7-10(11)14/h3-4,7-8H,5-6H2,1-2H3,(H,15,16)/t8-/m0/s1. The van der Waals surface area contributed by atoms with Crippen LogP contribution in [0.1, 0.15) is 6.92 Å². The summed E-state index contributed by atoms with van der Waals surface area (Å²) in [5.41, 5.74) is 0. The number of nitrogens with one attached hydrogen (secondary N) is 1.